The first kappa shape index (κ1) is 16.3. The first-order valence-electron chi connectivity index (χ1n) is 6.05. The third-order valence-corrected chi connectivity index (χ3v) is 4.45. The summed E-state index contributed by atoms with van der Waals surface area (Å²) in [5, 5.41) is 11.7. The SMILES string of the molecule is CCOCCS(=O)(=O)N(C)c1ccccc1/C(N)=N/O. The van der Waals surface area contributed by atoms with Gasteiger partial charge in [0.25, 0.3) is 0 Å². The van der Waals surface area contributed by atoms with Crippen molar-refractivity contribution in [1.82, 2.24) is 0 Å². The maximum Gasteiger partial charge on any atom is 0.237 e. The lowest BCUT2D eigenvalue weighted by molar-refractivity contribution is 0.163. The smallest absolute Gasteiger partial charge is 0.237 e. The summed E-state index contributed by atoms with van der Waals surface area (Å²) in [5.74, 6) is -0.283. The summed E-state index contributed by atoms with van der Waals surface area (Å²) in [6.45, 7) is 2.37. The molecule has 0 bridgehead atoms. The number of hydrogen-bond acceptors (Lipinski definition) is 5. The molecule has 0 fully saturated rings. The Morgan fingerprint density at radius 2 is 2.10 bits per heavy atom. The number of anilines is 1. The Balaban J connectivity index is 3.06. The van der Waals surface area contributed by atoms with Crippen molar-refractivity contribution in [3.05, 3.63) is 29.8 Å². The highest BCUT2D eigenvalue weighted by molar-refractivity contribution is 7.92. The minimum Gasteiger partial charge on any atom is -0.409 e. The molecule has 0 unspecified atom stereocenters. The van der Waals surface area contributed by atoms with Crippen molar-refractivity contribution in [2.45, 2.75) is 6.92 Å². The molecule has 20 heavy (non-hydrogen) atoms. The van der Waals surface area contributed by atoms with Crippen LogP contribution in [0.2, 0.25) is 0 Å². The van der Waals surface area contributed by atoms with Crippen molar-refractivity contribution in [3.63, 3.8) is 0 Å². The van der Waals surface area contributed by atoms with E-state index < -0.39 is 10.0 Å². The molecule has 0 saturated carbocycles. The molecule has 0 aliphatic carbocycles. The fourth-order valence-electron chi connectivity index (χ4n) is 1.61. The molecular formula is C12H19N3O4S. The second-order valence-corrected chi connectivity index (χ2v) is 6.10. The summed E-state index contributed by atoms with van der Waals surface area (Å²) in [4.78, 5) is 0. The Morgan fingerprint density at radius 3 is 2.70 bits per heavy atom. The largest absolute Gasteiger partial charge is 0.409 e. The number of nitrogens with zero attached hydrogens (tertiary/aromatic N) is 2. The van der Waals surface area contributed by atoms with E-state index in [0.29, 0.717) is 17.9 Å². The second kappa shape index (κ2) is 7.11. The first-order chi connectivity index (χ1) is 9.44. The number of amidine groups is 1. The van der Waals surface area contributed by atoms with E-state index in [4.69, 9.17) is 15.7 Å². The number of benzene rings is 1. The minimum absolute atomic E-state index is 0.120. The van der Waals surface area contributed by atoms with Gasteiger partial charge in [0.2, 0.25) is 10.0 Å². The molecule has 0 heterocycles. The average molecular weight is 301 g/mol. The van der Waals surface area contributed by atoms with Gasteiger partial charge < -0.3 is 15.7 Å². The predicted molar refractivity (Wildman–Crippen MR) is 77.6 cm³/mol. The van der Waals surface area contributed by atoms with Gasteiger partial charge in [-0.1, -0.05) is 17.3 Å². The van der Waals surface area contributed by atoms with E-state index in [9.17, 15) is 8.42 Å². The lowest BCUT2D eigenvalue weighted by Gasteiger charge is -2.21. The molecule has 8 heteroatoms. The number of sulfonamides is 1. The van der Waals surface area contributed by atoms with Crippen molar-refractivity contribution in [2.75, 3.05) is 30.3 Å². The predicted octanol–water partition coefficient (Wildman–Crippen LogP) is 0.584. The molecule has 1 rings (SSSR count). The van der Waals surface area contributed by atoms with E-state index in [1.54, 1.807) is 31.2 Å². The van der Waals surface area contributed by atoms with E-state index in [2.05, 4.69) is 5.16 Å². The van der Waals surface area contributed by atoms with Crippen molar-refractivity contribution in [2.24, 2.45) is 10.9 Å². The average Bonchev–Trinajstić information content (AvgIpc) is 2.45. The normalized spacial score (nSPS) is 12.4. The first-order valence-corrected chi connectivity index (χ1v) is 7.66. The summed E-state index contributed by atoms with van der Waals surface area (Å²) in [7, 11) is -2.11. The Hall–Kier alpha value is -1.80. The van der Waals surface area contributed by atoms with Crippen molar-refractivity contribution >= 4 is 21.5 Å². The van der Waals surface area contributed by atoms with E-state index in [-0.39, 0.29) is 18.2 Å². The summed E-state index contributed by atoms with van der Waals surface area (Å²) in [6.07, 6.45) is 0. The van der Waals surface area contributed by atoms with Gasteiger partial charge in [0.1, 0.15) is 0 Å². The van der Waals surface area contributed by atoms with Gasteiger partial charge in [0.15, 0.2) is 5.84 Å². The molecule has 0 aliphatic rings. The number of ether oxygens (including phenoxy) is 1. The van der Waals surface area contributed by atoms with E-state index in [1.807, 2.05) is 0 Å². The maximum absolute atomic E-state index is 12.2. The minimum atomic E-state index is -3.53. The van der Waals surface area contributed by atoms with Crippen LogP contribution in [0.15, 0.2) is 29.4 Å². The third-order valence-electron chi connectivity index (χ3n) is 2.73. The van der Waals surface area contributed by atoms with Crippen LogP contribution in [-0.2, 0) is 14.8 Å². The van der Waals surface area contributed by atoms with Gasteiger partial charge in [-0.25, -0.2) is 8.42 Å². The molecule has 0 spiro atoms. The number of para-hydroxylation sites is 1. The molecule has 0 radical (unpaired) electrons. The molecule has 1 aromatic rings. The van der Waals surface area contributed by atoms with Gasteiger partial charge in [0.05, 0.1) is 18.0 Å². The molecular weight excluding hydrogens is 282 g/mol. The van der Waals surface area contributed by atoms with Crippen LogP contribution in [-0.4, -0.2) is 45.5 Å². The molecule has 0 saturated heterocycles. The Labute approximate surface area is 118 Å². The highest BCUT2D eigenvalue weighted by atomic mass is 32.2. The van der Waals surface area contributed by atoms with Crippen LogP contribution in [0.3, 0.4) is 0 Å². The summed E-state index contributed by atoms with van der Waals surface area (Å²) in [6, 6.07) is 6.53. The van der Waals surface area contributed by atoms with Crippen LogP contribution in [0.1, 0.15) is 12.5 Å². The summed E-state index contributed by atoms with van der Waals surface area (Å²) in [5.41, 5.74) is 6.24. The topological polar surface area (TPSA) is 105 Å². The zero-order valence-corrected chi connectivity index (χ0v) is 12.3. The van der Waals surface area contributed by atoms with Gasteiger partial charge in [-0.3, -0.25) is 4.31 Å². The van der Waals surface area contributed by atoms with Crippen molar-refractivity contribution in [3.8, 4) is 0 Å². The summed E-state index contributed by atoms with van der Waals surface area (Å²) >= 11 is 0. The third kappa shape index (κ3) is 3.84. The molecule has 112 valence electrons. The van der Waals surface area contributed by atoms with Crippen LogP contribution in [0.5, 0.6) is 0 Å². The van der Waals surface area contributed by atoms with Crippen LogP contribution in [0, 0.1) is 0 Å². The summed E-state index contributed by atoms with van der Waals surface area (Å²) < 4.78 is 30.5. The van der Waals surface area contributed by atoms with E-state index in [0.717, 1.165) is 4.31 Å². The fourth-order valence-corrected chi connectivity index (χ4v) is 2.68. The Bertz CT molecular complexity index is 572. The Morgan fingerprint density at radius 1 is 1.45 bits per heavy atom. The number of rotatable bonds is 7. The van der Waals surface area contributed by atoms with E-state index in [1.165, 1.54) is 7.05 Å². The van der Waals surface area contributed by atoms with Crippen LogP contribution >= 0.6 is 0 Å². The standard InChI is InChI=1S/C12H19N3O4S/c1-3-19-8-9-20(17,18)15(2)11-7-5-4-6-10(11)12(13)14-16/h4-7,16H,3,8-9H2,1-2H3,(H2,13,14). The molecule has 0 aliphatic heterocycles. The molecule has 0 aromatic heterocycles. The number of nitrogens with two attached hydrogens (primary N) is 1. The molecule has 1 aromatic carbocycles. The molecule has 0 amide bonds. The van der Waals surface area contributed by atoms with E-state index >= 15 is 0 Å². The van der Waals surface area contributed by atoms with Crippen molar-refractivity contribution in [1.29, 1.82) is 0 Å². The van der Waals surface area contributed by atoms with Crippen LogP contribution < -0.4 is 10.0 Å². The zero-order valence-electron chi connectivity index (χ0n) is 11.5. The van der Waals surface area contributed by atoms with Crippen LogP contribution in [0.4, 0.5) is 5.69 Å². The lowest BCUT2D eigenvalue weighted by atomic mass is 10.1. The van der Waals surface area contributed by atoms with Gasteiger partial charge in [-0.05, 0) is 19.1 Å². The number of hydrogen-bond donors (Lipinski definition) is 2. The van der Waals surface area contributed by atoms with Gasteiger partial charge in [-0.2, -0.15) is 0 Å². The highest BCUT2D eigenvalue weighted by Gasteiger charge is 2.21. The monoisotopic (exact) mass is 301 g/mol. The Kier molecular flexibility index (Phi) is 5.78. The van der Waals surface area contributed by atoms with Crippen molar-refractivity contribution < 1.29 is 18.4 Å². The molecule has 0 atom stereocenters. The maximum atomic E-state index is 12.2. The fraction of sp³-hybridized carbons (Fsp3) is 0.417. The lowest BCUT2D eigenvalue weighted by Crippen LogP contribution is -2.32. The molecule has 3 N–H and O–H groups in total. The number of oxime groups is 1. The second-order valence-electron chi connectivity index (χ2n) is 3.98. The zero-order chi connectivity index (χ0) is 15.2. The highest BCUT2D eigenvalue weighted by Crippen LogP contribution is 2.21. The van der Waals surface area contributed by atoms with Gasteiger partial charge in [0, 0.05) is 19.2 Å². The molecule has 7 nitrogen and oxygen atoms in total. The van der Waals surface area contributed by atoms with Gasteiger partial charge in [-0.15, -0.1) is 0 Å². The van der Waals surface area contributed by atoms with Crippen LogP contribution in [0.25, 0.3) is 0 Å². The van der Waals surface area contributed by atoms with Gasteiger partial charge >= 0.3 is 0 Å². The quantitative estimate of drug-likeness (QED) is 0.252.